The summed E-state index contributed by atoms with van der Waals surface area (Å²) in [6, 6.07) is 6.00. The number of hydrogen-bond donors (Lipinski definition) is 2. The Bertz CT molecular complexity index is 426. The molecule has 3 N–H and O–H groups in total. The van der Waals surface area contributed by atoms with Crippen LogP contribution in [0.2, 0.25) is 0 Å². The minimum atomic E-state index is -2.24. The number of rotatable bonds is 10. The average molecular weight is 301 g/mol. The van der Waals surface area contributed by atoms with E-state index in [9.17, 15) is 4.21 Å². The van der Waals surface area contributed by atoms with Crippen molar-refractivity contribution in [3.8, 4) is 5.75 Å². The molecule has 0 fully saturated rings. The van der Waals surface area contributed by atoms with Gasteiger partial charge in [-0.2, -0.15) is 4.21 Å². The maximum absolute atomic E-state index is 10.3. The zero-order valence-electron chi connectivity index (χ0n) is 11.8. The molecule has 0 aliphatic carbocycles. The quantitative estimate of drug-likeness (QED) is 0.512. The Morgan fingerprint density at radius 3 is 2.75 bits per heavy atom. The summed E-state index contributed by atoms with van der Waals surface area (Å²) in [6.07, 6.45) is 4.66. The maximum atomic E-state index is 10.3. The normalized spacial score (nSPS) is 12.3. The van der Waals surface area contributed by atoms with Gasteiger partial charge in [0, 0.05) is 12.1 Å². The van der Waals surface area contributed by atoms with E-state index in [0.717, 1.165) is 12.0 Å². The first kappa shape index (κ1) is 17.1. The molecule has 114 valence electrons. The van der Waals surface area contributed by atoms with Gasteiger partial charge in [0.25, 0.3) is 0 Å². The number of benzene rings is 1. The molecule has 20 heavy (non-hydrogen) atoms. The summed E-state index contributed by atoms with van der Waals surface area (Å²) in [4.78, 5) is 0. The van der Waals surface area contributed by atoms with Gasteiger partial charge >= 0.3 is 11.4 Å². The van der Waals surface area contributed by atoms with Gasteiger partial charge < -0.3 is 10.5 Å². The van der Waals surface area contributed by atoms with Gasteiger partial charge in [0.05, 0.1) is 0 Å². The summed E-state index contributed by atoms with van der Waals surface area (Å²) >= 11 is -2.24. The number of aryl methyl sites for hydroxylation is 1. The van der Waals surface area contributed by atoms with Gasteiger partial charge in [0.2, 0.25) is 0 Å². The molecule has 0 spiro atoms. The lowest BCUT2D eigenvalue weighted by Crippen LogP contribution is -2.10. The fourth-order valence-corrected chi connectivity index (χ4v) is 2.14. The second-order valence-corrected chi connectivity index (χ2v) is 5.16. The molecule has 1 aromatic carbocycles. The molecule has 0 heterocycles. The molecule has 1 aromatic rings. The van der Waals surface area contributed by atoms with E-state index in [4.69, 9.17) is 15.0 Å². The third kappa shape index (κ3) is 6.47. The van der Waals surface area contributed by atoms with Crippen molar-refractivity contribution >= 4 is 11.4 Å². The zero-order chi connectivity index (χ0) is 14.8. The first-order valence-electron chi connectivity index (χ1n) is 6.86. The minimum absolute atomic E-state index is 0.0609. The summed E-state index contributed by atoms with van der Waals surface area (Å²) in [6.45, 7) is 2.87. The monoisotopic (exact) mass is 301 g/mol. The van der Waals surface area contributed by atoms with Crippen LogP contribution in [0.25, 0.3) is 0 Å². The van der Waals surface area contributed by atoms with E-state index < -0.39 is 11.4 Å². The molecule has 0 amide bonds. The van der Waals surface area contributed by atoms with E-state index in [1.54, 1.807) is 0 Å². The Hall–Kier alpha value is -0.950. The van der Waals surface area contributed by atoms with Crippen LogP contribution in [0.3, 0.4) is 0 Å². The van der Waals surface area contributed by atoms with E-state index >= 15 is 0 Å². The molecule has 0 aromatic heterocycles. The van der Waals surface area contributed by atoms with Crippen LogP contribution >= 0.6 is 0 Å². The molecule has 5 nitrogen and oxygen atoms in total. The summed E-state index contributed by atoms with van der Waals surface area (Å²) in [7, 11) is 0. The van der Waals surface area contributed by atoms with Crippen molar-refractivity contribution in [3.05, 3.63) is 29.3 Å². The second-order valence-electron chi connectivity index (χ2n) is 4.49. The molecule has 0 radical (unpaired) electrons. The molecule has 0 aliphatic rings. The summed E-state index contributed by atoms with van der Waals surface area (Å²) < 4.78 is 28.8. The molecule has 0 aliphatic heterocycles. The van der Waals surface area contributed by atoms with Crippen molar-refractivity contribution in [2.45, 2.75) is 39.2 Å². The summed E-state index contributed by atoms with van der Waals surface area (Å²) in [5, 5.41) is 0. The van der Waals surface area contributed by atoms with E-state index in [2.05, 4.69) is 17.2 Å². The first-order chi connectivity index (χ1) is 9.67. The van der Waals surface area contributed by atoms with Crippen molar-refractivity contribution in [3.63, 3.8) is 0 Å². The molecular weight excluding hydrogens is 278 g/mol. The Morgan fingerprint density at radius 1 is 1.30 bits per heavy atom. The van der Waals surface area contributed by atoms with Crippen molar-refractivity contribution in [1.29, 1.82) is 0 Å². The highest BCUT2D eigenvalue weighted by Crippen LogP contribution is 2.21. The predicted octanol–water partition coefficient (Wildman–Crippen LogP) is 2.41. The molecule has 1 unspecified atom stereocenters. The van der Waals surface area contributed by atoms with Crippen LogP contribution in [0, 0.1) is 0 Å². The molecule has 1 rings (SSSR count). The molecule has 6 heteroatoms. The van der Waals surface area contributed by atoms with Gasteiger partial charge in [-0.3, -0.25) is 8.74 Å². The number of hydrogen-bond acceptors (Lipinski definition) is 4. The van der Waals surface area contributed by atoms with Crippen molar-refractivity contribution in [2.24, 2.45) is 5.73 Å². The lowest BCUT2D eigenvalue weighted by Gasteiger charge is -2.12. The third-order valence-corrected chi connectivity index (χ3v) is 3.31. The van der Waals surface area contributed by atoms with Crippen molar-refractivity contribution in [2.75, 3.05) is 13.2 Å². The van der Waals surface area contributed by atoms with E-state index in [0.29, 0.717) is 12.3 Å². The average Bonchev–Trinajstić information content (AvgIpc) is 2.44. The minimum Gasteiger partial charge on any atom is -0.491 e. The standard InChI is InChI=1S/C14H23NO4S/c1-2-3-4-5-12-6-7-14(13(10-12)11-15)18-8-9-19-20(16)17/h6-7,10H,2-5,8-9,11,15H2,1H3,(H,16,17). The Kier molecular flexibility index (Phi) is 8.45. The smallest absolute Gasteiger partial charge is 0.302 e. The first-order valence-corrected chi connectivity index (χ1v) is 7.89. The van der Waals surface area contributed by atoms with Crippen LogP contribution in [0.4, 0.5) is 0 Å². The van der Waals surface area contributed by atoms with Crippen molar-refractivity contribution < 1.29 is 17.7 Å². The lowest BCUT2D eigenvalue weighted by molar-refractivity contribution is 0.216. The second kappa shape index (κ2) is 9.88. The van der Waals surface area contributed by atoms with Gasteiger partial charge in [-0.15, -0.1) is 0 Å². The summed E-state index contributed by atoms with van der Waals surface area (Å²) in [5.41, 5.74) is 7.94. The van der Waals surface area contributed by atoms with Crippen LogP contribution in [0.15, 0.2) is 18.2 Å². The van der Waals surface area contributed by atoms with Gasteiger partial charge in [-0.25, -0.2) is 0 Å². The highest BCUT2D eigenvalue weighted by molar-refractivity contribution is 7.74. The van der Waals surface area contributed by atoms with Crippen LogP contribution in [-0.4, -0.2) is 22.0 Å². The Morgan fingerprint density at radius 2 is 2.10 bits per heavy atom. The van der Waals surface area contributed by atoms with Crippen LogP contribution in [0.1, 0.15) is 37.3 Å². The largest absolute Gasteiger partial charge is 0.491 e. The fraction of sp³-hybridized carbons (Fsp3) is 0.571. The zero-order valence-corrected chi connectivity index (χ0v) is 12.7. The highest BCUT2D eigenvalue weighted by atomic mass is 32.2. The van der Waals surface area contributed by atoms with E-state index in [1.807, 2.05) is 12.1 Å². The Balaban J connectivity index is 2.51. The van der Waals surface area contributed by atoms with E-state index in [-0.39, 0.29) is 13.2 Å². The van der Waals surface area contributed by atoms with Crippen LogP contribution in [-0.2, 0) is 28.5 Å². The third-order valence-electron chi connectivity index (χ3n) is 2.94. The number of unbranched alkanes of at least 4 members (excludes halogenated alkanes) is 2. The molecule has 0 saturated heterocycles. The fourth-order valence-electron chi connectivity index (χ4n) is 1.92. The SMILES string of the molecule is CCCCCc1ccc(OCCOS(=O)O)c(CN)c1. The topological polar surface area (TPSA) is 81.8 Å². The van der Waals surface area contributed by atoms with Crippen LogP contribution < -0.4 is 10.5 Å². The molecule has 1 atom stereocenters. The van der Waals surface area contributed by atoms with Gasteiger partial charge in [-0.1, -0.05) is 31.9 Å². The van der Waals surface area contributed by atoms with Gasteiger partial charge in [0.1, 0.15) is 19.0 Å². The molecule has 0 bridgehead atoms. The van der Waals surface area contributed by atoms with Gasteiger partial charge in [0.15, 0.2) is 0 Å². The van der Waals surface area contributed by atoms with Gasteiger partial charge in [-0.05, 0) is 24.5 Å². The molecular formula is C14H23NO4S. The number of nitrogens with two attached hydrogens (primary N) is 1. The van der Waals surface area contributed by atoms with Crippen molar-refractivity contribution in [1.82, 2.24) is 0 Å². The van der Waals surface area contributed by atoms with E-state index in [1.165, 1.54) is 24.8 Å². The highest BCUT2D eigenvalue weighted by Gasteiger charge is 2.05. The molecule has 0 saturated carbocycles. The Labute approximate surface area is 123 Å². The van der Waals surface area contributed by atoms with Crippen LogP contribution in [0.5, 0.6) is 5.75 Å². The predicted molar refractivity (Wildman–Crippen MR) is 79.8 cm³/mol. The maximum Gasteiger partial charge on any atom is 0.302 e. The summed E-state index contributed by atoms with van der Waals surface area (Å²) in [5.74, 6) is 0.707. The number of ether oxygens (including phenoxy) is 1. The lowest BCUT2D eigenvalue weighted by atomic mass is 10.0.